The van der Waals surface area contributed by atoms with Gasteiger partial charge < -0.3 is 16.4 Å². The van der Waals surface area contributed by atoms with Gasteiger partial charge in [-0.2, -0.15) is 0 Å². The van der Waals surface area contributed by atoms with Crippen LogP contribution in [0.25, 0.3) is 0 Å². The summed E-state index contributed by atoms with van der Waals surface area (Å²) in [7, 11) is 0. The van der Waals surface area contributed by atoms with E-state index in [2.05, 4.69) is 20.6 Å². The van der Waals surface area contributed by atoms with Crippen molar-refractivity contribution in [2.24, 2.45) is 5.73 Å². The average molecular weight is 303 g/mol. The summed E-state index contributed by atoms with van der Waals surface area (Å²) in [6.07, 6.45) is 7.17. The average Bonchev–Trinajstić information content (AvgIpc) is 3.03. The summed E-state index contributed by atoms with van der Waals surface area (Å²) in [5, 5.41) is 6.06. The molecule has 1 aromatic heterocycles. The number of nitrogens with zero attached hydrogens (tertiary/aromatic N) is 2. The molecule has 1 saturated carbocycles. The van der Waals surface area contributed by atoms with Crippen molar-refractivity contribution in [2.75, 3.05) is 11.9 Å². The van der Waals surface area contributed by atoms with Crippen molar-refractivity contribution >= 4 is 17.8 Å². The minimum absolute atomic E-state index is 0.0784. The Morgan fingerprint density at radius 3 is 2.73 bits per heavy atom. The molecule has 4 N–H and O–H groups in total. The molecular weight excluding hydrogens is 282 g/mol. The van der Waals surface area contributed by atoms with Crippen molar-refractivity contribution < 1.29 is 9.59 Å². The molecule has 2 aliphatic rings. The van der Waals surface area contributed by atoms with Gasteiger partial charge in [-0.3, -0.25) is 9.59 Å². The summed E-state index contributed by atoms with van der Waals surface area (Å²) in [6.45, 7) is 0.568. The number of piperidine rings is 1. The Balaban J connectivity index is 1.78. The lowest BCUT2D eigenvalue weighted by Crippen LogP contribution is -2.42. The minimum Gasteiger partial charge on any atom is -0.365 e. The molecule has 1 atom stereocenters. The largest absolute Gasteiger partial charge is 0.365 e. The third-order valence-electron chi connectivity index (χ3n) is 4.42. The second-order valence-electron chi connectivity index (χ2n) is 6.02. The summed E-state index contributed by atoms with van der Waals surface area (Å²) >= 11 is 0. The molecule has 118 valence electrons. The number of hydrogen-bond donors (Lipinski definition) is 3. The Bertz CT molecular complexity index is 573. The molecule has 2 amide bonds. The molecule has 0 bridgehead atoms. The fraction of sp³-hybridized carbons (Fsp3) is 0.600. The molecule has 2 heterocycles. The van der Waals surface area contributed by atoms with Crippen LogP contribution in [0.5, 0.6) is 0 Å². The maximum atomic E-state index is 11.6. The predicted octanol–water partition coefficient (Wildman–Crippen LogP) is 0.924. The zero-order chi connectivity index (χ0) is 15.5. The molecule has 1 unspecified atom stereocenters. The third kappa shape index (κ3) is 3.18. The van der Waals surface area contributed by atoms with E-state index in [4.69, 9.17) is 5.73 Å². The van der Waals surface area contributed by atoms with Gasteiger partial charge in [0.2, 0.25) is 11.9 Å². The van der Waals surface area contributed by atoms with Crippen molar-refractivity contribution in [2.45, 2.75) is 50.5 Å². The summed E-state index contributed by atoms with van der Waals surface area (Å²) < 4.78 is 0. The highest BCUT2D eigenvalue weighted by Crippen LogP contribution is 2.34. The topological polar surface area (TPSA) is 110 Å². The van der Waals surface area contributed by atoms with Crippen molar-refractivity contribution in [1.29, 1.82) is 0 Å². The van der Waals surface area contributed by atoms with Gasteiger partial charge in [0.1, 0.15) is 0 Å². The summed E-state index contributed by atoms with van der Waals surface area (Å²) in [4.78, 5) is 31.5. The van der Waals surface area contributed by atoms with Crippen LogP contribution in [0.3, 0.4) is 0 Å². The van der Waals surface area contributed by atoms with Crippen LogP contribution in [0.15, 0.2) is 6.20 Å². The minimum atomic E-state index is -0.474. The number of nitrogens with one attached hydrogen (secondary N) is 2. The number of carbonyl (C=O) groups excluding carboxylic acids is 2. The molecule has 2 fully saturated rings. The molecule has 7 heteroatoms. The summed E-state index contributed by atoms with van der Waals surface area (Å²) in [5.41, 5.74) is 6.64. The monoisotopic (exact) mass is 303 g/mol. The Morgan fingerprint density at radius 1 is 1.32 bits per heavy atom. The zero-order valence-corrected chi connectivity index (χ0v) is 12.5. The first-order chi connectivity index (χ1) is 10.6. The van der Waals surface area contributed by atoms with Gasteiger partial charge in [-0.15, -0.1) is 0 Å². The first kappa shape index (κ1) is 14.7. The van der Waals surface area contributed by atoms with Gasteiger partial charge in [-0.05, 0) is 19.3 Å². The Kier molecular flexibility index (Phi) is 4.22. The van der Waals surface area contributed by atoms with E-state index in [-0.39, 0.29) is 17.9 Å². The van der Waals surface area contributed by atoms with Crippen LogP contribution < -0.4 is 16.4 Å². The first-order valence-corrected chi connectivity index (χ1v) is 7.83. The van der Waals surface area contributed by atoms with Gasteiger partial charge in [-0.25, -0.2) is 9.97 Å². The molecule has 0 spiro atoms. The maximum Gasteiger partial charge on any atom is 0.252 e. The van der Waals surface area contributed by atoms with Crippen LogP contribution in [0, 0.1) is 0 Å². The highest BCUT2D eigenvalue weighted by molar-refractivity contribution is 5.93. The SMILES string of the molecule is NC(=O)c1cnc(NC2CCC(=O)NC2)nc1C1CCCC1. The fourth-order valence-electron chi connectivity index (χ4n) is 3.20. The lowest BCUT2D eigenvalue weighted by atomic mass is 9.99. The molecule has 1 aromatic rings. The van der Waals surface area contributed by atoms with Gasteiger partial charge in [-0.1, -0.05) is 12.8 Å². The highest BCUT2D eigenvalue weighted by atomic mass is 16.2. The number of anilines is 1. The molecule has 3 rings (SSSR count). The zero-order valence-electron chi connectivity index (χ0n) is 12.5. The summed E-state index contributed by atoms with van der Waals surface area (Å²) in [6, 6.07) is 0.119. The van der Waals surface area contributed by atoms with Crippen LogP contribution in [-0.2, 0) is 4.79 Å². The van der Waals surface area contributed by atoms with Gasteiger partial charge in [0, 0.05) is 31.1 Å². The lowest BCUT2D eigenvalue weighted by Gasteiger charge is -2.24. The Hall–Kier alpha value is -2.18. The van der Waals surface area contributed by atoms with E-state index in [0.717, 1.165) is 37.8 Å². The van der Waals surface area contributed by atoms with Gasteiger partial charge in [0.15, 0.2) is 0 Å². The van der Waals surface area contributed by atoms with E-state index in [9.17, 15) is 9.59 Å². The van der Waals surface area contributed by atoms with Crippen LogP contribution in [0.2, 0.25) is 0 Å². The molecule has 7 nitrogen and oxygen atoms in total. The molecular formula is C15H21N5O2. The number of rotatable bonds is 4. The standard InChI is InChI=1S/C15H21N5O2/c16-14(22)11-8-18-15(19-10-5-6-12(21)17-7-10)20-13(11)9-3-1-2-4-9/h8-10H,1-7H2,(H2,16,22)(H,17,21)(H,18,19,20). The molecule has 1 aliphatic heterocycles. The second-order valence-corrected chi connectivity index (χ2v) is 6.02. The smallest absolute Gasteiger partial charge is 0.252 e. The predicted molar refractivity (Wildman–Crippen MR) is 81.4 cm³/mol. The quantitative estimate of drug-likeness (QED) is 0.766. The van der Waals surface area contributed by atoms with E-state index in [1.165, 1.54) is 6.20 Å². The first-order valence-electron chi connectivity index (χ1n) is 7.83. The second kappa shape index (κ2) is 6.29. The molecule has 0 aromatic carbocycles. The molecule has 22 heavy (non-hydrogen) atoms. The van der Waals surface area contributed by atoms with Crippen molar-refractivity contribution in [1.82, 2.24) is 15.3 Å². The van der Waals surface area contributed by atoms with Crippen LogP contribution in [0.1, 0.15) is 60.5 Å². The Morgan fingerprint density at radius 2 is 2.09 bits per heavy atom. The highest BCUT2D eigenvalue weighted by Gasteiger charge is 2.25. The van der Waals surface area contributed by atoms with Gasteiger partial charge in [0.25, 0.3) is 5.91 Å². The Labute approximate surface area is 129 Å². The number of hydrogen-bond acceptors (Lipinski definition) is 5. The van der Waals surface area contributed by atoms with Gasteiger partial charge >= 0.3 is 0 Å². The van der Waals surface area contributed by atoms with E-state index in [1.807, 2.05) is 0 Å². The number of nitrogens with two attached hydrogens (primary N) is 1. The number of primary amides is 1. The number of carbonyl (C=O) groups is 2. The van der Waals surface area contributed by atoms with E-state index < -0.39 is 5.91 Å². The van der Waals surface area contributed by atoms with Crippen LogP contribution >= 0.6 is 0 Å². The maximum absolute atomic E-state index is 11.6. The summed E-state index contributed by atoms with van der Waals surface area (Å²) in [5.74, 6) is 0.401. The van der Waals surface area contributed by atoms with Gasteiger partial charge in [0.05, 0.1) is 11.3 Å². The normalized spacial score (nSPS) is 22.4. The third-order valence-corrected chi connectivity index (χ3v) is 4.42. The number of amides is 2. The van der Waals surface area contributed by atoms with E-state index in [0.29, 0.717) is 24.5 Å². The van der Waals surface area contributed by atoms with Crippen molar-refractivity contribution in [3.05, 3.63) is 17.5 Å². The fourth-order valence-corrected chi connectivity index (χ4v) is 3.20. The number of aromatic nitrogens is 2. The molecule has 1 aliphatic carbocycles. The molecule has 1 saturated heterocycles. The van der Waals surface area contributed by atoms with Crippen LogP contribution in [-0.4, -0.2) is 34.4 Å². The van der Waals surface area contributed by atoms with Crippen molar-refractivity contribution in [3.63, 3.8) is 0 Å². The van der Waals surface area contributed by atoms with E-state index in [1.54, 1.807) is 0 Å². The lowest BCUT2D eigenvalue weighted by molar-refractivity contribution is -0.122. The van der Waals surface area contributed by atoms with E-state index >= 15 is 0 Å². The van der Waals surface area contributed by atoms with Crippen molar-refractivity contribution in [3.8, 4) is 0 Å². The molecule has 0 radical (unpaired) electrons. The van der Waals surface area contributed by atoms with Crippen LogP contribution in [0.4, 0.5) is 5.95 Å².